The van der Waals surface area contributed by atoms with E-state index in [1.807, 2.05) is 0 Å². The van der Waals surface area contributed by atoms with Crippen LogP contribution in [0.15, 0.2) is 42.9 Å². The zero-order chi connectivity index (χ0) is 21.1. The molecule has 7 nitrogen and oxygen atoms in total. The second kappa shape index (κ2) is 8.44. The molecule has 0 unspecified atom stereocenters. The van der Waals surface area contributed by atoms with Crippen molar-refractivity contribution >= 4 is 22.4 Å². The van der Waals surface area contributed by atoms with E-state index in [0.717, 1.165) is 35.2 Å². The highest BCUT2D eigenvalue weighted by molar-refractivity contribution is 7.15. The summed E-state index contributed by atoms with van der Waals surface area (Å²) < 4.78 is 44.7. The average Bonchev–Trinajstić information content (AvgIpc) is 3.42. The Balaban J connectivity index is 1.36. The zero-order valence-corrected chi connectivity index (χ0v) is 16.5. The molecule has 1 aliphatic rings. The number of benzene rings is 1. The predicted molar refractivity (Wildman–Crippen MR) is 105 cm³/mol. The minimum atomic E-state index is -4.40. The molecule has 1 fully saturated rings. The Kier molecular flexibility index (Phi) is 5.73. The third-order valence-electron chi connectivity index (χ3n) is 4.55. The second-order valence-corrected chi connectivity index (χ2v) is 7.70. The monoisotopic (exact) mass is 437 g/mol. The number of ether oxygens (including phenoxy) is 1. The molecule has 30 heavy (non-hydrogen) atoms. The molecule has 3 aromatic rings. The predicted octanol–water partition coefficient (Wildman–Crippen LogP) is 3.11. The summed E-state index contributed by atoms with van der Waals surface area (Å²) in [4.78, 5) is 19.9. The molecule has 0 bridgehead atoms. The first kappa shape index (κ1) is 20.4. The Labute approximate surface area is 174 Å². The molecule has 0 atom stereocenters. The SMILES string of the molecule is O=C(NCc1cnc(N2CCOCC2)s1)c1cnn(-c2ccc(C(F)(F)F)cc2)c1. The van der Waals surface area contributed by atoms with Crippen LogP contribution in [-0.2, 0) is 17.5 Å². The summed E-state index contributed by atoms with van der Waals surface area (Å²) in [6.45, 7) is 3.26. The summed E-state index contributed by atoms with van der Waals surface area (Å²) in [7, 11) is 0. The van der Waals surface area contributed by atoms with E-state index < -0.39 is 11.7 Å². The summed E-state index contributed by atoms with van der Waals surface area (Å²) in [5.74, 6) is -0.325. The Bertz CT molecular complexity index is 1010. The molecule has 0 saturated carbocycles. The van der Waals surface area contributed by atoms with Crippen LogP contribution >= 0.6 is 11.3 Å². The van der Waals surface area contributed by atoms with Crippen LogP contribution in [0, 0.1) is 0 Å². The van der Waals surface area contributed by atoms with E-state index in [1.54, 1.807) is 6.20 Å². The highest BCUT2D eigenvalue weighted by atomic mass is 32.1. The van der Waals surface area contributed by atoms with Gasteiger partial charge in [-0.2, -0.15) is 18.3 Å². The fourth-order valence-electron chi connectivity index (χ4n) is 2.93. The van der Waals surface area contributed by atoms with Gasteiger partial charge in [0, 0.05) is 30.4 Å². The largest absolute Gasteiger partial charge is 0.416 e. The third-order valence-corrected chi connectivity index (χ3v) is 5.61. The molecule has 158 valence electrons. The number of thiazole rings is 1. The van der Waals surface area contributed by atoms with Gasteiger partial charge >= 0.3 is 6.18 Å². The van der Waals surface area contributed by atoms with Crippen molar-refractivity contribution in [2.45, 2.75) is 12.7 Å². The molecule has 1 aliphatic heterocycles. The number of rotatable bonds is 5. The fourth-order valence-corrected chi connectivity index (χ4v) is 3.83. The molecule has 1 saturated heterocycles. The van der Waals surface area contributed by atoms with Crippen LogP contribution in [-0.4, -0.2) is 47.0 Å². The smallest absolute Gasteiger partial charge is 0.378 e. The summed E-state index contributed by atoms with van der Waals surface area (Å²) in [6.07, 6.45) is 0.190. The van der Waals surface area contributed by atoms with Crippen molar-refractivity contribution in [2.75, 3.05) is 31.2 Å². The number of nitrogens with one attached hydrogen (secondary N) is 1. The van der Waals surface area contributed by atoms with Gasteiger partial charge in [0.15, 0.2) is 5.13 Å². The molecule has 1 aromatic carbocycles. The van der Waals surface area contributed by atoms with Crippen molar-refractivity contribution in [1.82, 2.24) is 20.1 Å². The molecule has 11 heteroatoms. The molecule has 1 N–H and O–H groups in total. The van der Waals surface area contributed by atoms with Gasteiger partial charge in [-0.05, 0) is 24.3 Å². The molecule has 1 amide bonds. The number of nitrogens with zero attached hydrogens (tertiary/aromatic N) is 4. The van der Waals surface area contributed by atoms with Crippen molar-refractivity contribution < 1.29 is 22.7 Å². The third kappa shape index (κ3) is 4.62. The van der Waals surface area contributed by atoms with Gasteiger partial charge in [-0.1, -0.05) is 0 Å². The summed E-state index contributed by atoms with van der Waals surface area (Å²) in [5, 5.41) is 7.78. The van der Waals surface area contributed by atoms with Crippen LogP contribution < -0.4 is 10.2 Å². The van der Waals surface area contributed by atoms with Crippen LogP contribution in [0.1, 0.15) is 20.8 Å². The van der Waals surface area contributed by atoms with Gasteiger partial charge in [0.2, 0.25) is 0 Å². The van der Waals surface area contributed by atoms with Gasteiger partial charge in [0.25, 0.3) is 5.91 Å². The maximum absolute atomic E-state index is 12.7. The molecule has 0 aliphatic carbocycles. The summed E-state index contributed by atoms with van der Waals surface area (Å²) in [5.41, 5.74) is 0.00449. The number of halogens is 3. The van der Waals surface area contributed by atoms with Gasteiger partial charge < -0.3 is 15.0 Å². The Morgan fingerprint density at radius 2 is 1.90 bits per heavy atom. The van der Waals surface area contributed by atoms with Crippen molar-refractivity contribution in [2.24, 2.45) is 0 Å². The number of amides is 1. The molecule has 0 radical (unpaired) electrons. The first-order valence-corrected chi connectivity index (χ1v) is 10.00. The minimum absolute atomic E-state index is 0.313. The van der Waals surface area contributed by atoms with Crippen LogP contribution in [0.5, 0.6) is 0 Å². The number of carbonyl (C=O) groups excluding carboxylic acids is 1. The highest BCUT2D eigenvalue weighted by Gasteiger charge is 2.30. The number of morpholine rings is 1. The van der Waals surface area contributed by atoms with Gasteiger partial charge in [0.1, 0.15) is 0 Å². The summed E-state index contributed by atoms with van der Waals surface area (Å²) >= 11 is 1.51. The van der Waals surface area contributed by atoms with E-state index in [1.165, 1.54) is 40.5 Å². The topological polar surface area (TPSA) is 72.3 Å². The molecule has 3 heterocycles. The number of carbonyl (C=O) groups is 1. The number of hydrogen-bond acceptors (Lipinski definition) is 6. The number of hydrogen-bond donors (Lipinski definition) is 1. The standard InChI is InChI=1S/C19H18F3N5O2S/c20-19(21,22)14-1-3-15(4-2-14)27-12-13(9-25-27)17(28)23-10-16-11-24-18(30-16)26-5-7-29-8-6-26/h1-4,9,11-12H,5-8,10H2,(H,23,28). The van der Waals surface area contributed by atoms with Crippen molar-refractivity contribution in [3.8, 4) is 5.69 Å². The van der Waals surface area contributed by atoms with Crippen molar-refractivity contribution in [3.05, 3.63) is 58.9 Å². The second-order valence-electron chi connectivity index (χ2n) is 6.61. The number of aromatic nitrogens is 3. The lowest BCUT2D eigenvalue weighted by molar-refractivity contribution is -0.137. The number of alkyl halides is 3. The molecule has 2 aromatic heterocycles. The molecule has 0 spiro atoms. The highest BCUT2D eigenvalue weighted by Crippen LogP contribution is 2.29. The van der Waals surface area contributed by atoms with Gasteiger partial charge in [-0.25, -0.2) is 9.67 Å². The fraction of sp³-hybridized carbons (Fsp3) is 0.316. The van der Waals surface area contributed by atoms with Crippen LogP contribution in [0.3, 0.4) is 0 Å². The average molecular weight is 437 g/mol. The van der Waals surface area contributed by atoms with E-state index in [9.17, 15) is 18.0 Å². The van der Waals surface area contributed by atoms with Crippen LogP contribution in [0.25, 0.3) is 5.69 Å². The van der Waals surface area contributed by atoms with Crippen molar-refractivity contribution in [3.63, 3.8) is 0 Å². The van der Waals surface area contributed by atoms with E-state index in [-0.39, 0.29) is 5.91 Å². The lowest BCUT2D eigenvalue weighted by Gasteiger charge is -2.25. The van der Waals surface area contributed by atoms with Crippen molar-refractivity contribution in [1.29, 1.82) is 0 Å². The van der Waals surface area contributed by atoms with E-state index in [4.69, 9.17) is 4.74 Å². The summed E-state index contributed by atoms with van der Waals surface area (Å²) in [6, 6.07) is 4.57. The van der Waals surface area contributed by atoms with E-state index in [2.05, 4.69) is 20.3 Å². The van der Waals surface area contributed by atoms with Crippen LogP contribution in [0.2, 0.25) is 0 Å². The molecule has 4 rings (SSSR count). The quantitative estimate of drug-likeness (QED) is 0.664. The Morgan fingerprint density at radius 3 is 2.60 bits per heavy atom. The Hall–Kier alpha value is -2.92. The minimum Gasteiger partial charge on any atom is -0.378 e. The van der Waals surface area contributed by atoms with Crippen LogP contribution in [0.4, 0.5) is 18.3 Å². The maximum atomic E-state index is 12.7. The zero-order valence-electron chi connectivity index (χ0n) is 15.7. The molecular weight excluding hydrogens is 419 g/mol. The molecular formula is C19H18F3N5O2S. The van der Waals surface area contributed by atoms with Gasteiger partial charge in [-0.15, -0.1) is 11.3 Å². The lowest BCUT2D eigenvalue weighted by Crippen LogP contribution is -2.36. The Morgan fingerprint density at radius 1 is 1.17 bits per heavy atom. The normalized spacial score (nSPS) is 14.7. The van der Waals surface area contributed by atoms with E-state index in [0.29, 0.717) is 31.0 Å². The lowest BCUT2D eigenvalue weighted by atomic mass is 10.2. The van der Waals surface area contributed by atoms with E-state index >= 15 is 0 Å². The first-order chi connectivity index (χ1) is 14.4. The van der Waals surface area contributed by atoms with Gasteiger partial charge in [-0.3, -0.25) is 4.79 Å². The first-order valence-electron chi connectivity index (χ1n) is 9.18. The maximum Gasteiger partial charge on any atom is 0.416 e. The number of anilines is 1. The van der Waals surface area contributed by atoms with Gasteiger partial charge in [0.05, 0.1) is 42.8 Å².